The molecular formula is C36H87N5. The smallest absolute Gasteiger partial charge is 0.0104 e. The summed E-state index contributed by atoms with van der Waals surface area (Å²) >= 11 is 0. The van der Waals surface area contributed by atoms with Gasteiger partial charge in [0.15, 0.2) is 0 Å². The van der Waals surface area contributed by atoms with Gasteiger partial charge in [-0.2, -0.15) is 0 Å². The van der Waals surface area contributed by atoms with Crippen molar-refractivity contribution in [2.24, 2.45) is 23.7 Å². The van der Waals surface area contributed by atoms with E-state index in [9.17, 15) is 0 Å². The van der Waals surface area contributed by atoms with E-state index in [1.807, 2.05) is 0 Å². The summed E-state index contributed by atoms with van der Waals surface area (Å²) in [7, 11) is 2.15. The van der Waals surface area contributed by atoms with Crippen molar-refractivity contribution in [3.63, 3.8) is 0 Å². The van der Waals surface area contributed by atoms with E-state index in [2.05, 4.69) is 116 Å². The van der Waals surface area contributed by atoms with E-state index in [4.69, 9.17) is 0 Å². The summed E-state index contributed by atoms with van der Waals surface area (Å²) in [5, 5.41) is 13.1. The summed E-state index contributed by atoms with van der Waals surface area (Å²) < 4.78 is 0. The summed E-state index contributed by atoms with van der Waals surface area (Å²) in [5.74, 6) is 3.33. The maximum atomic E-state index is 3.28. The summed E-state index contributed by atoms with van der Waals surface area (Å²) in [5.41, 5.74) is 0. The van der Waals surface area contributed by atoms with E-state index in [1.54, 1.807) is 0 Å². The molecule has 0 aliphatic carbocycles. The van der Waals surface area contributed by atoms with Gasteiger partial charge in [-0.05, 0) is 109 Å². The quantitative estimate of drug-likeness (QED) is 0.228. The van der Waals surface area contributed by atoms with Crippen LogP contribution in [-0.2, 0) is 0 Å². The minimum atomic E-state index is 0. The maximum Gasteiger partial charge on any atom is 0.0104 e. The topological polar surface area (TPSA) is 51.4 Å². The molecule has 0 bridgehead atoms. The van der Waals surface area contributed by atoms with Gasteiger partial charge in [0, 0.05) is 26.2 Å². The van der Waals surface area contributed by atoms with E-state index in [0.717, 1.165) is 36.8 Å². The van der Waals surface area contributed by atoms with Crippen molar-refractivity contribution in [2.45, 2.75) is 142 Å². The van der Waals surface area contributed by atoms with Crippen molar-refractivity contribution in [1.29, 1.82) is 0 Å². The predicted molar refractivity (Wildman–Crippen MR) is 195 cm³/mol. The summed E-state index contributed by atoms with van der Waals surface area (Å²) in [6.07, 6.45) is 11.2. The Kier molecular flexibility index (Phi) is 54.4. The molecule has 0 aromatic heterocycles. The lowest BCUT2D eigenvalue weighted by atomic mass is 10.2. The molecule has 256 valence electrons. The Hall–Kier alpha value is -0.200. The number of nitrogens with one attached hydrogen (secondary N) is 4. The Balaban J connectivity index is -0.000000121. The predicted octanol–water partition coefficient (Wildman–Crippen LogP) is 8.70. The van der Waals surface area contributed by atoms with Gasteiger partial charge >= 0.3 is 0 Å². The fourth-order valence-corrected chi connectivity index (χ4v) is 3.01. The Bertz CT molecular complexity index is 304. The molecule has 4 aliphatic heterocycles. The molecule has 4 saturated heterocycles. The number of likely N-dealkylation sites (N-methyl/N-ethyl adjacent to an activating group) is 1. The van der Waals surface area contributed by atoms with Gasteiger partial charge in [0.25, 0.3) is 0 Å². The van der Waals surface area contributed by atoms with Gasteiger partial charge in [-0.15, -0.1) is 0 Å². The molecule has 0 aromatic rings. The largest absolute Gasteiger partial charge is 0.317 e. The van der Waals surface area contributed by atoms with Crippen LogP contribution < -0.4 is 21.3 Å². The molecule has 0 spiro atoms. The molecular weight excluding hydrogens is 502 g/mol. The minimum Gasteiger partial charge on any atom is -0.317 e. The van der Waals surface area contributed by atoms with E-state index in [-0.39, 0.29) is 7.43 Å². The second kappa shape index (κ2) is 44.2. The van der Waals surface area contributed by atoms with Crippen molar-refractivity contribution in [1.82, 2.24) is 26.2 Å². The number of hydrogen-bond acceptors (Lipinski definition) is 5. The van der Waals surface area contributed by atoms with Crippen LogP contribution in [0.3, 0.4) is 0 Å². The van der Waals surface area contributed by atoms with Gasteiger partial charge in [0.1, 0.15) is 0 Å². The van der Waals surface area contributed by atoms with E-state index >= 15 is 0 Å². The summed E-state index contributed by atoms with van der Waals surface area (Å²) in [4.78, 5) is 2.33. The number of piperidine rings is 2. The van der Waals surface area contributed by atoms with Gasteiger partial charge in [0.05, 0.1) is 0 Å². The second-order valence-electron chi connectivity index (χ2n) is 14.1. The molecule has 0 amide bonds. The van der Waals surface area contributed by atoms with Crippen LogP contribution in [0.15, 0.2) is 0 Å². The Morgan fingerprint density at radius 1 is 0.341 bits per heavy atom. The lowest BCUT2D eigenvalue weighted by Crippen LogP contribution is -2.40. The van der Waals surface area contributed by atoms with Crippen LogP contribution in [0.2, 0.25) is 0 Å². The normalized spacial score (nSPS) is 17.8. The number of piperazine rings is 1. The standard InChI is InChI=1S/C5H12N2.2C5H11N.C4H9N.4C4H10.CH4/c1-7-4-2-6-3-5-7;2*1-2-4-6-5-3-1;1-2-4-5-3-1;4*1-4(2)3;/h6H,2-5H2,1H3;2*6H,1-5H2;5H,1-4H2;4*4H,1-3H3;1H4. The van der Waals surface area contributed by atoms with Gasteiger partial charge in [-0.3, -0.25) is 0 Å². The maximum absolute atomic E-state index is 3.28. The lowest BCUT2D eigenvalue weighted by Gasteiger charge is -2.21. The van der Waals surface area contributed by atoms with Gasteiger partial charge in [-0.1, -0.05) is 103 Å². The zero-order valence-electron chi connectivity index (χ0n) is 30.5. The average Bonchev–Trinajstić information content (AvgIpc) is 3.47. The van der Waals surface area contributed by atoms with E-state index < -0.39 is 0 Å². The molecule has 0 radical (unpaired) electrons. The molecule has 41 heavy (non-hydrogen) atoms. The SMILES string of the molecule is C.C1CCNC1.C1CCNCC1.C1CCNCC1.CC(C)C.CC(C)C.CC(C)C.CC(C)C.CN1CCNCC1. The van der Waals surface area contributed by atoms with Crippen molar-refractivity contribution in [2.75, 3.05) is 72.5 Å². The molecule has 4 N–H and O–H groups in total. The molecule has 0 aromatic carbocycles. The highest BCUT2D eigenvalue weighted by Gasteiger charge is 2.01. The molecule has 0 unspecified atom stereocenters. The first kappa shape index (κ1) is 50.4. The van der Waals surface area contributed by atoms with Crippen LogP contribution in [-0.4, -0.2) is 77.4 Å². The van der Waals surface area contributed by atoms with Crippen molar-refractivity contribution in [3.8, 4) is 0 Å². The molecule has 4 heterocycles. The van der Waals surface area contributed by atoms with Crippen molar-refractivity contribution in [3.05, 3.63) is 0 Å². The highest BCUT2D eigenvalue weighted by atomic mass is 15.2. The molecule has 4 fully saturated rings. The first-order chi connectivity index (χ1) is 18.8. The second-order valence-corrected chi connectivity index (χ2v) is 14.1. The van der Waals surface area contributed by atoms with Gasteiger partial charge < -0.3 is 26.2 Å². The lowest BCUT2D eigenvalue weighted by molar-refractivity contribution is 0.291. The van der Waals surface area contributed by atoms with Crippen LogP contribution in [0.25, 0.3) is 0 Å². The Labute approximate surface area is 263 Å². The van der Waals surface area contributed by atoms with Crippen LogP contribution in [0.1, 0.15) is 142 Å². The zero-order chi connectivity index (χ0) is 31.4. The Morgan fingerprint density at radius 2 is 0.512 bits per heavy atom. The third-order valence-electron chi connectivity index (χ3n) is 4.71. The number of rotatable bonds is 0. The van der Waals surface area contributed by atoms with Gasteiger partial charge in [-0.25, -0.2) is 0 Å². The zero-order valence-corrected chi connectivity index (χ0v) is 30.5. The van der Waals surface area contributed by atoms with Crippen LogP contribution in [0.5, 0.6) is 0 Å². The summed E-state index contributed by atoms with van der Waals surface area (Å²) in [6.45, 7) is 38.2. The van der Waals surface area contributed by atoms with Crippen molar-refractivity contribution < 1.29 is 0 Å². The third kappa shape index (κ3) is 92.5. The molecule has 0 saturated carbocycles. The monoisotopic (exact) mass is 590 g/mol. The van der Waals surface area contributed by atoms with E-state index in [0.29, 0.717) is 0 Å². The highest BCUT2D eigenvalue weighted by molar-refractivity contribution is 4.62. The molecule has 5 nitrogen and oxygen atoms in total. The van der Waals surface area contributed by atoms with Crippen LogP contribution in [0.4, 0.5) is 0 Å². The minimum absolute atomic E-state index is 0. The average molecular weight is 590 g/mol. The molecule has 5 heteroatoms. The molecule has 4 rings (SSSR count). The fourth-order valence-electron chi connectivity index (χ4n) is 3.01. The van der Waals surface area contributed by atoms with Crippen LogP contribution in [0, 0.1) is 23.7 Å². The highest BCUT2D eigenvalue weighted by Crippen LogP contribution is 1.97. The number of nitrogens with zero attached hydrogens (tertiary/aromatic N) is 1. The molecule has 0 atom stereocenters. The summed E-state index contributed by atoms with van der Waals surface area (Å²) in [6, 6.07) is 0. The fraction of sp³-hybridized carbons (Fsp3) is 1.00. The van der Waals surface area contributed by atoms with Gasteiger partial charge in [0.2, 0.25) is 0 Å². The first-order valence-corrected chi connectivity index (χ1v) is 17.3. The van der Waals surface area contributed by atoms with Crippen molar-refractivity contribution >= 4 is 0 Å². The number of hydrogen-bond donors (Lipinski definition) is 4. The molecule has 4 aliphatic rings. The third-order valence-corrected chi connectivity index (χ3v) is 4.71. The Morgan fingerprint density at radius 3 is 0.610 bits per heavy atom. The van der Waals surface area contributed by atoms with Crippen LogP contribution >= 0.6 is 0 Å². The first-order valence-electron chi connectivity index (χ1n) is 17.3. The van der Waals surface area contributed by atoms with E-state index in [1.165, 1.54) is 104 Å².